The Morgan fingerprint density at radius 1 is 1.06 bits per heavy atom. The number of likely N-dealkylation sites (N-methyl/N-ethyl adjacent to an activating group) is 1. The minimum absolute atomic E-state index is 0.0896. The van der Waals surface area contributed by atoms with Crippen molar-refractivity contribution >= 4 is 5.91 Å². The van der Waals surface area contributed by atoms with Crippen LogP contribution in [0.25, 0.3) is 0 Å². The smallest absolute Gasteiger partial charge is 0.230 e. The summed E-state index contributed by atoms with van der Waals surface area (Å²) in [6.07, 6.45) is 14.3. The molecule has 1 aliphatic rings. The van der Waals surface area contributed by atoms with Gasteiger partial charge in [-0.2, -0.15) is 0 Å². The first kappa shape index (κ1) is 26.0. The summed E-state index contributed by atoms with van der Waals surface area (Å²) >= 11 is 0. The minimum atomic E-state index is -0.0896. The number of benzene rings is 1. The number of allylic oxidation sites excluding steroid dienone is 5. The van der Waals surface area contributed by atoms with Crippen molar-refractivity contribution in [2.24, 2.45) is 0 Å². The molecule has 1 unspecified atom stereocenters. The van der Waals surface area contributed by atoms with Crippen LogP contribution in [0.4, 0.5) is 0 Å². The predicted molar refractivity (Wildman–Crippen MR) is 136 cm³/mol. The van der Waals surface area contributed by atoms with E-state index in [1.165, 1.54) is 16.7 Å². The third-order valence-corrected chi connectivity index (χ3v) is 6.21. The maximum atomic E-state index is 12.9. The summed E-state index contributed by atoms with van der Waals surface area (Å²) in [4.78, 5) is 14.8. The number of ether oxygens (including phenoxy) is 1. The Balaban J connectivity index is 1.82. The summed E-state index contributed by atoms with van der Waals surface area (Å²) < 4.78 is 5.99. The molecule has 1 aromatic rings. The molecule has 0 aromatic heterocycles. The highest BCUT2D eigenvalue weighted by Gasteiger charge is 2.33. The van der Waals surface area contributed by atoms with Gasteiger partial charge in [0.2, 0.25) is 5.91 Å². The van der Waals surface area contributed by atoms with E-state index in [1.54, 1.807) is 0 Å². The van der Waals surface area contributed by atoms with Crippen molar-refractivity contribution in [2.75, 3.05) is 13.7 Å². The number of carbonyl (C=O) groups excluding carboxylic acids is 1. The van der Waals surface area contributed by atoms with Gasteiger partial charge in [0.25, 0.3) is 0 Å². The van der Waals surface area contributed by atoms with Gasteiger partial charge in [-0.1, -0.05) is 47.9 Å². The first-order valence-corrected chi connectivity index (χ1v) is 12.3. The summed E-state index contributed by atoms with van der Waals surface area (Å²) in [7, 11) is 1.94. The van der Waals surface area contributed by atoms with E-state index in [0.29, 0.717) is 12.6 Å². The zero-order valence-corrected chi connectivity index (χ0v) is 21.1. The Morgan fingerprint density at radius 2 is 1.72 bits per heavy atom. The van der Waals surface area contributed by atoms with Crippen LogP contribution in [0.1, 0.15) is 91.0 Å². The molecule has 0 N–H and O–H groups in total. The normalized spacial score (nSPS) is 15.3. The molecule has 176 valence electrons. The van der Waals surface area contributed by atoms with Crippen molar-refractivity contribution in [3.63, 3.8) is 0 Å². The minimum Gasteiger partial charge on any atom is -0.490 e. The second kappa shape index (κ2) is 13.3. The number of carbonyl (C=O) groups is 1. The van der Waals surface area contributed by atoms with E-state index in [0.717, 1.165) is 56.3 Å². The highest BCUT2D eigenvalue weighted by atomic mass is 16.5. The average Bonchev–Trinajstić information content (AvgIpc) is 3.59. The lowest BCUT2D eigenvalue weighted by atomic mass is 9.95. The quantitative estimate of drug-likeness (QED) is 0.297. The van der Waals surface area contributed by atoms with E-state index in [4.69, 9.17) is 4.74 Å². The number of amides is 1. The van der Waals surface area contributed by atoms with Gasteiger partial charge in [-0.3, -0.25) is 4.79 Å². The van der Waals surface area contributed by atoms with Crippen LogP contribution in [0, 0.1) is 0 Å². The van der Waals surface area contributed by atoms with Crippen LogP contribution in [-0.4, -0.2) is 30.5 Å². The number of hydrogen-bond donors (Lipinski definition) is 0. The van der Waals surface area contributed by atoms with Crippen molar-refractivity contribution < 1.29 is 9.53 Å². The van der Waals surface area contributed by atoms with Gasteiger partial charge in [0, 0.05) is 13.1 Å². The lowest BCUT2D eigenvalue weighted by Gasteiger charge is -2.23. The zero-order valence-electron chi connectivity index (χ0n) is 21.1. The van der Waals surface area contributed by atoms with Gasteiger partial charge in [-0.25, -0.2) is 0 Å². The topological polar surface area (TPSA) is 29.5 Å². The summed E-state index contributed by atoms with van der Waals surface area (Å²) in [5.41, 5.74) is 5.26. The van der Waals surface area contributed by atoms with Crippen LogP contribution in [0.2, 0.25) is 0 Å². The largest absolute Gasteiger partial charge is 0.490 e. The molecule has 1 atom stereocenters. The summed E-state index contributed by atoms with van der Waals surface area (Å²) in [5, 5.41) is 0. The molecule has 1 fully saturated rings. The third-order valence-electron chi connectivity index (χ3n) is 6.21. The van der Waals surface area contributed by atoms with Crippen molar-refractivity contribution in [2.45, 2.75) is 91.5 Å². The Kier molecular flexibility index (Phi) is 10.8. The molecule has 3 nitrogen and oxygen atoms in total. The molecule has 1 saturated carbocycles. The molecule has 1 aliphatic carbocycles. The third kappa shape index (κ3) is 9.06. The van der Waals surface area contributed by atoms with Crippen molar-refractivity contribution in [1.29, 1.82) is 0 Å². The summed E-state index contributed by atoms with van der Waals surface area (Å²) in [5.74, 6) is 0.974. The van der Waals surface area contributed by atoms with Crippen LogP contribution in [0.5, 0.6) is 5.75 Å². The van der Waals surface area contributed by atoms with Crippen LogP contribution in [-0.2, 0) is 4.79 Å². The van der Waals surface area contributed by atoms with Gasteiger partial charge in [0.05, 0.1) is 5.92 Å². The van der Waals surface area contributed by atoms with Crippen molar-refractivity contribution in [3.8, 4) is 5.75 Å². The molecule has 3 heteroatoms. The highest BCUT2D eigenvalue weighted by Crippen LogP contribution is 2.31. The Labute approximate surface area is 196 Å². The van der Waals surface area contributed by atoms with E-state index in [2.05, 4.69) is 52.8 Å². The predicted octanol–water partition coefficient (Wildman–Crippen LogP) is 7.60. The molecule has 0 bridgehead atoms. The van der Waals surface area contributed by atoms with Gasteiger partial charge >= 0.3 is 0 Å². The molecule has 1 amide bonds. The molecule has 1 aromatic carbocycles. The monoisotopic (exact) mass is 437 g/mol. The molecule has 32 heavy (non-hydrogen) atoms. The van der Waals surface area contributed by atoms with Crippen molar-refractivity contribution in [1.82, 2.24) is 4.90 Å². The van der Waals surface area contributed by atoms with Crippen LogP contribution in [0.3, 0.4) is 0 Å². The molecule has 0 spiro atoms. The number of rotatable bonds is 13. The Morgan fingerprint density at radius 3 is 2.34 bits per heavy atom. The van der Waals surface area contributed by atoms with E-state index in [1.807, 2.05) is 36.2 Å². The highest BCUT2D eigenvalue weighted by molar-refractivity contribution is 5.84. The van der Waals surface area contributed by atoms with Crippen LogP contribution in [0.15, 0.2) is 59.2 Å². The van der Waals surface area contributed by atoms with Gasteiger partial charge in [-0.05, 0) is 96.4 Å². The fourth-order valence-electron chi connectivity index (χ4n) is 3.88. The van der Waals surface area contributed by atoms with Gasteiger partial charge in [0.1, 0.15) is 12.4 Å². The van der Waals surface area contributed by atoms with E-state index < -0.39 is 0 Å². The fraction of sp³-hybridized carbons (Fsp3) is 0.552. The number of hydrogen-bond acceptors (Lipinski definition) is 2. The molecule has 0 heterocycles. The lowest BCUT2D eigenvalue weighted by Crippen LogP contribution is -2.33. The van der Waals surface area contributed by atoms with Crippen molar-refractivity contribution in [3.05, 3.63) is 64.8 Å². The number of nitrogens with zero attached hydrogens (tertiary/aromatic N) is 1. The first-order valence-electron chi connectivity index (χ1n) is 12.3. The van der Waals surface area contributed by atoms with Gasteiger partial charge in [-0.15, -0.1) is 0 Å². The van der Waals surface area contributed by atoms with Crippen LogP contribution < -0.4 is 4.74 Å². The maximum Gasteiger partial charge on any atom is 0.230 e. The van der Waals surface area contributed by atoms with Gasteiger partial charge < -0.3 is 9.64 Å². The van der Waals surface area contributed by atoms with Gasteiger partial charge in [0.15, 0.2) is 0 Å². The van der Waals surface area contributed by atoms with E-state index in [-0.39, 0.29) is 11.8 Å². The molecular formula is C29H43NO2. The van der Waals surface area contributed by atoms with E-state index >= 15 is 0 Å². The Bertz CT molecular complexity index is 825. The molecule has 0 saturated heterocycles. The summed E-state index contributed by atoms with van der Waals surface area (Å²) in [6, 6.07) is 8.51. The lowest BCUT2D eigenvalue weighted by molar-refractivity contribution is -0.132. The Hall–Kier alpha value is -2.29. The zero-order chi connectivity index (χ0) is 23.5. The van der Waals surface area contributed by atoms with E-state index in [9.17, 15) is 4.79 Å². The first-order chi connectivity index (χ1) is 15.3. The SMILES string of the molecule is CCC(C(=O)N(C)C1CC1)c1cccc(OCC=C(C)CCC=C(C)CCC=C(C)C)c1. The molecular weight excluding hydrogens is 394 g/mol. The molecule has 0 aliphatic heterocycles. The second-order valence-electron chi connectivity index (χ2n) is 9.48. The second-order valence-corrected chi connectivity index (χ2v) is 9.48. The average molecular weight is 438 g/mol. The summed E-state index contributed by atoms with van der Waals surface area (Å²) in [6.45, 7) is 11.4. The molecule has 0 radical (unpaired) electrons. The standard InChI is InChI=1S/C29H43NO2/c1-7-28(29(31)30(6)26-17-18-26)25-15-10-16-27(21-25)32-20-19-24(5)14-9-13-23(4)12-8-11-22(2)3/h10-11,13,15-16,19,21,26,28H,7-9,12,14,17-18,20H2,1-6H3. The van der Waals surface area contributed by atoms with Crippen LogP contribution >= 0.6 is 0 Å². The maximum absolute atomic E-state index is 12.9. The fourth-order valence-corrected chi connectivity index (χ4v) is 3.88. The molecule has 2 rings (SSSR count).